The van der Waals surface area contributed by atoms with Crippen molar-refractivity contribution in [3.8, 4) is 0 Å². The number of carbonyl (C=O) groups excluding carboxylic acids is 1. The number of rotatable bonds is 2. The number of ether oxygens (including phenoxy) is 1. The molecule has 1 saturated heterocycles. The summed E-state index contributed by atoms with van der Waals surface area (Å²) < 4.78 is 5.41. The van der Waals surface area contributed by atoms with E-state index in [-0.39, 0.29) is 24.5 Å². The van der Waals surface area contributed by atoms with E-state index < -0.39 is 5.60 Å². The number of aliphatic hydroxyl groups is 1. The summed E-state index contributed by atoms with van der Waals surface area (Å²) in [7, 11) is 0. The summed E-state index contributed by atoms with van der Waals surface area (Å²) in [6.45, 7) is 6.77. The standard InChI is InChI=1S/C17H24ClNO3/c1-17(2,3)22-16(21)19-9-8-15(13(10-19)11-20)12-4-6-14(18)7-5-12/h4-7,13,15,20H,8-11H2,1-3H3/t13-,15-/m1/s1. The largest absolute Gasteiger partial charge is 0.444 e. The van der Waals surface area contributed by atoms with Gasteiger partial charge in [-0.25, -0.2) is 4.79 Å². The van der Waals surface area contributed by atoms with E-state index in [0.29, 0.717) is 18.1 Å². The highest BCUT2D eigenvalue weighted by atomic mass is 35.5. The van der Waals surface area contributed by atoms with Crippen LogP contribution in [-0.4, -0.2) is 41.4 Å². The molecule has 4 nitrogen and oxygen atoms in total. The quantitative estimate of drug-likeness (QED) is 0.902. The molecule has 5 heteroatoms. The topological polar surface area (TPSA) is 49.8 Å². The van der Waals surface area contributed by atoms with Gasteiger partial charge in [-0.1, -0.05) is 23.7 Å². The molecular formula is C17H24ClNO3. The van der Waals surface area contributed by atoms with Gasteiger partial charge in [0.2, 0.25) is 0 Å². The summed E-state index contributed by atoms with van der Waals surface area (Å²) >= 11 is 5.93. The summed E-state index contributed by atoms with van der Waals surface area (Å²) in [6.07, 6.45) is 0.507. The number of nitrogens with zero attached hydrogens (tertiary/aromatic N) is 1. The zero-order chi connectivity index (χ0) is 16.3. The second-order valence-corrected chi connectivity index (χ2v) is 7.25. The Bertz CT molecular complexity index is 510. The van der Waals surface area contributed by atoms with Crippen molar-refractivity contribution in [3.05, 3.63) is 34.9 Å². The first-order chi connectivity index (χ1) is 10.3. The Morgan fingerprint density at radius 1 is 1.36 bits per heavy atom. The molecule has 0 saturated carbocycles. The number of piperidine rings is 1. The van der Waals surface area contributed by atoms with Crippen LogP contribution in [0.3, 0.4) is 0 Å². The van der Waals surface area contributed by atoms with Gasteiger partial charge >= 0.3 is 6.09 Å². The molecule has 1 amide bonds. The van der Waals surface area contributed by atoms with Crippen molar-refractivity contribution in [2.45, 2.75) is 38.7 Å². The molecule has 0 aliphatic carbocycles. The average molecular weight is 326 g/mol. The summed E-state index contributed by atoms with van der Waals surface area (Å²) in [5.41, 5.74) is 0.658. The highest BCUT2D eigenvalue weighted by Gasteiger charge is 2.33. The maximum atomic E-state index is 12.2. The van der Waals surface area contributed by atoms with Crippen molar-refractivity contribution < 1.29 is 14.6 Å². The molecule has 0 unspecified atom stereocenters. The molecule has 1 aliphatic rings. The van der Waals surface area contributed by atoms with Gasteiger partial charge in [-0.2, -0.15) is 0 Å². The number of amides is 1. The van der Waals surface area contributed by atoms with E-state index in [0.717, 1.165) is 12.0 Å². The summed E-state index contributed by atoms with van der Waals surface area (Å²) in [4.78, 5) is 13.9. The maximum absolute atomic E-state index is 12.2. The predicted octanol–water partition coefficient (Wildman–Crippen LogP) is 3.67. The van der Waals surface area contributed by atoms with Crippen molar-refractivity contribution in [1.82, 2.24) is 4.90 Å². The highest BCUT2D eigenvalue weighted by molar-refractivity contribution is 6.30. The molecular weight excluding hydrogens is 302 g/mol. The smallest absolute Gasteiger partial charge is 0.410 e. The van der Waals surface area contributed by atoms with E-state index in [1.54, 1.807) is 4.90 Å². The Hall–Kier alpha value is -1.26. The van der Waals surface area contributed by atoms with Crippen LogP contribution in [-0.2, 0) is 4.74 Å². The zero-order valence-electron chi connectivity index (χ0n) is 13.4. The lowest BCUT2D eigenvalue weighted by Gasteiger charge is -2.38. The van der Waals surface area contributed by atoms with Gasteiger partial charge in [0.15, 0.2) is 0 Å². The van der Waals surface area contributed by atoms with Crippen LogP contribution < -0.4 is 0 Å². The van der Waals surface area contributed by atoms with E-state index >= 15 is 0 Å². The van der Waals surface area contributed by atoms with Crippen LogP contribution >= 0.6 is 11.6 Å². The van der Waals surface area contributed by atoms with E-state index in [2.05, 4.69) is 0 Å². The molecule has 1 N–H and O–H groups in total. The second kappa shape index (κ2) is 6.88. The van der Waals surface area contributed by atoms with E-state index in [9.17, 15) is 9.90 Å². The van der Waals surface area contributed by atoms with Gasteiger partial charge in [-0.15, -0.1) is 0 Å². The lowest BCUT2D eigenvalue weighted by molar-refractivity contribution is 0.0102. The minimum absolute atomic E-state index is 0.0162. The first kappa shape index (κ1) is 17.1. The minimum atomic E-state index is -0.501. The molecule has 2 atom stereocenters. The van der Waals surface area contributed by atoms with Crippen LogP contribution in [0.25, 0.3) is 0 Å². The second-order valence-electron chi connectivity index (χ2n) is 6.82. The van der Waals surface area contributed by atoms with Gasteiger partial charge in [0.1, 0.15) is 5.60 Å². The lowest BCUT2D eigenvalue weighted by Crippen LogP contribution is -2.46. The van der Waals surface area contributed by atoms with Crippen LogP contribution in [0.1, 0.15) is 38.7 Å². The molecule has 2 rings (SSSR count). The van der Waals surface area contributed by atoms with Crippen LogP contribution in [0, 0.1) is 5.92 Å². The molecule has 122 valence electrons. The zero-order valence-corrected chi connectivity index (χ0v) is 14.1. The number of likely N-dealkylation sites (tertiary alicyclic amines) is 1. The lowest BCUT2D eigenvalue weighted by atomic mass is 9.81. The third-order valence-corrected chi connectivity index (χ3v) is 4.17. The van der Waals surface area contributed by atoms with Gasteiger partial charge in [0, 0.05) is 30.6 Å². The fraction of sp³-hybridized carbons (Fsp3) is 0.588. The number of benzene rings is 1. The molecule has 1 heterocycles. The summed E-state index contributed by atoms with van der Waals surface area (Å²) in [6, 6.07) is 7.73. The molecule has 1 aromatic rings. The van der Waals surface area contributed by atoms with E-state index in [4.69, 9.17) is 16.3 Å². The maximum Gasteiger partial charge on any atom is 0.410 e. The molecule has 1 fully saturated rings. The van der Waals surface area contributed by atoms with Gasteiger partial charge in [0.25, 0.3) is 0 Å². The van der Waals surface area contributed by atoms with Crippen molar-refractivity contribution in [2.24, 2.45) is 5.92 Å². The third-order valence-electron chi connectivity index (χ3n) is 3.92. The van der Waals surface area contributed by atoms with Gasteiger partial charge in [-0.05, 0) is 50.8 Å². The molecule has 0 aromatic heterocycles. The SMILES string of the molecule is CC(C)(C)OC(=O)N1CC[C@H](c2ccc(Cl)cc2)[C@@H](CO)C1. The van der Waals surface area contributed by atoms with E-state index in [1.165, 1.54) is 0 Å². The molecule has 1 aliphatic heterocycles. The van der Waals surface area contributed by atoms with Gasteiger partial charge in [0.05, 0.1) is 0 Å². The molecule has 0 bridgehead atoms. The Morgan fingerprint density at radius 3 is 2.55 bits per heavy atom. The highest BCUT2D eigenvalue weighted by Crippen LogP contribution is 2.33. The number of hydrogen-bond acceptors (Lipinski definition) is 3. The normalized spacial score (nSPS) is 22.5. The van der Waals surface area contributed by atoms with Gasteiger partial charge in [-0.3, -0.25) is 0 Å². The molecule has 0 radical (unpaired) electrons. The van der Waals surface area contributed by atoms with E-state index in [1.807, 2.05) is 45.0 Å². The van der Waals surface area contributed by atoms with Crippen molar-refractivity contribution in [2.75, 3.05) is 19.7 Å². The molecule has 1 aromatic carbocycles. The molecule has 0 spiro atoms. The minimum Gasteiger partial charge on any atom is -0.444 e. The van der Waals surface area contributed by atoms with Crippen molar-refractivity contribution in [3.63, 3.8) is 0 Å². The predicted molar refractivity (Wildman–Crippen MR) is 87.2 cm³/mol. The number of hydrogen-bond donors (Lipinski definition) is 1. The fourth-order valence-corrected chi connectivity index (χ4v) is 2.98. The summed E-state index contributed by atoms with van der Waals surface area (Å²) in [5.74, 6) is 0.253. The Kier molecular flexibility index (Phi) is 5.35. The van der Waals surface area contributed by atoms with Crippen LogP contribution in [0.5, 0.6) is 0 Å². The Morgan fingerprint density at radius 2 is 2.00 bits per heavy atom. The number of halogens is 1. The van der Waals surface area contributed by atoms with Crippen LogP contribution in [0.2, 0.25) is 5.02 Å². The Balaban J connectivity index is 2.05. The molecule has 22 heavy (non-hydrogen) atoms. The first-order valence-electron chi connectivity index (χ1n) is 7.64. The van der Waals surface area contributed by atoms with Crippen LogP contribution in [0.4, 0.5) is 4.79 Å². The monoisotopic (exact) mass is 325 g/mol. The van der Waals surface area contributed by atoms with Gasteiger partial charge < -0.3 is 14.7 Å². The average Bonchev–Trinajstić information content (AvgIpc) is 2.45. The fourth-order valence-electron chi connectivity index (χ4n) is 2.86. The van der Waals surface area contributed by atoms with Crippen molar-refractivity contribution >= 4 is 17.7 Å². The van der Waals surface area contributed by atoms with Crippen molar-refractivity contribution in [1.29, 1.82) is 0 Å². The third kappa shape index (κ3) is 4.37. The Labute approximate surface area is 137 Å². The number of aliphatic hydroxyl groups excluding tert-OH is 1. The van der Waals surface area contributed by atoms with Crippen LogP contribution in [0.15, 0.2) is 24.3 Å². The summed E-state index contributed by atoms with van der Waals surface area (Å²) in [5, 5.41) is 10.4. The first-order valence-corrected chi connectivity index (χ1v) is 8.02. The number of carbonyl (C=O) groups is 1.